The number of halogens is 3. The number of hydrogen-bond acceptors (Lipinski definition) is 4. The van der Waals surface area contributed by atoms with Crippen LogP contribution in [0.4, 0.5) is 13.2 Å². The molecule has 0 fully saturated rings. The van der Waals surface area contributed by atoms with Gasteiger partial charge in [0.1, 0.15) is 0 Å². The molecule has 2 atom stereocenters. The molecule has 1 aromatic heterocycles. The highest BCUT2D eigenvalue weighted by molar-refractivity contribution is 7.11. The molecule has 2 unspecified atom stereocenters. The number of methoxy groups -OCH3 is 1. The maximum atomic E-state index is 12.5. The summed E-state index contributed by atoms with van der Waals surface area (Å²) in [4.78, 5) is 4.04. The first-order valence-electron chi connectivity index (χ1n) is 5.57. The number of thiazole rings is 1. The first kappa shape index (κ1) is 15.4. The summed E-state index contributed by atoms with van der Waals surface area (Å²) in [5.41, 5.74) is 0. The molecule has 0 saturated carbocycles. The number of hydrogen-bond donors (Lipinski definition) is 1. The zero-order chi connectivity index (χ0) is 13.8. The summed E-state index contributed by atoms with van der Waals surface area (Å²) < 4.78 is 42.4. The third-order valence-electron chi connectivity index (χ3n) is 2.55. The Morgan fingerprint density at radius 3 is 2.61 bits per heavy atom. The Bertz CT molecular complexity index is 367. The van der Waals surface area contributed by atoms with Gasteiger partial charge < -0.3 is 10.1 Å². The molecule has 0 radical (unpaired) electrons. The predicted octanol–water partition coefficient (Wildman–Crippen LogP) is 3.10. The summed E-state index contributed by atoms with van der Waals surface area (Å²) in [7, 11) is 3.34. The molecule has 3 nitrogen and oxygen atoms in total. The van der Waals surface area contributed by atoms with Crippen molar-refractivity contribution in [3.05, 3.63) is 16.1 Å². The highest BCUT2D eigenvalue weighted by Gasteiger charge is 2.35. The molecule has 18 heavy (non-hydrogen) atoms. The van der Waals surface area contributed by atoms with Crippen LogP contribution in [0.3, 0.4) is 0 Å². The van der Waals surface area contributed by atoms with E-state index in [2.05, 4.69) is 10.3 Å². The van der Waals surface area contributed by atoms with Gasteiger partial charge in [-0.05, 0) is 19.4 Å². The number of ether oxygens (including phenoxy) is 1. The van der Waals surface area contributed by atoms with Crippen molar-refractivity contribution in [3.63, 3.8) is 0 Å². The van der Waals surface area contributed by atoms with Crippen molar-refractivity contribution < 1.29 is 17.9 Å². The Balaban J connectivity index is 2.74. The van der Waals surface area contributed by atoms with Gasteiger partial charge >= 0.3 is 6.18 Å². The molecule has 0 aromatic carbocycles. The molecule has 7 heteroatoms. The van der Waals surface area contributed by atoms with Gasteiger partial charge in [-0.2, -0.15) is 13.2 Å². The second-order valence-corrected chi connectivity index (χ2v) is 5.27. The molecule has 0 aliphatic carbocycles. The number of nitrogens with zero attached hydrogens (tertiary/aromatic N) is 1. The van der Waals surface area contributed by atoms with Gasteiger partial charge in [-0.1, -0.05) is 6.92 Å². The summed E-state index contributed by atoms with van der Waals surface area (Å²) in [6.45, 7) is 2.59. The smallest absolute Gasteiger partial charge is 0.384 e. The summed E-state index contributed by atoms with van der Waals surface area (Å²) in [5, 5.41) is 2.23. The van der Waals surface area contributed by atoms with Gasteiger partial charge in [-0.25, -0.2) is 4.98 Å². The summed E-state index contributed by atoms with van der Waals surface area (Å²) in [6, 6.07) is -0.122. The Labute approximate surface area is 108 Å². The average Bonchev–Trinajstić information content (AvgIpc) is 2.75. The first-order chi connectivity index (χ1) is 8.38. The zero-order valence-electron chi connectivity index (χ0n) is 10.5. The zero-order valence-corrected chi connectivity index (χ0v) is 11.4. The van der Waals surface area contributed by atoms with Crippen molar-refractivity contribution in [1.29, 1.82) is 0 Å². The lowest BCUT2D eigenvalue weighted by atomic mass is 10.0. The van der Waals surface area contributed by atoms with Crippen molar-refractivity contribution in [2.24, 2.45) is 5.92 Å². The molecule has 1 aromatic rings. The van der Waals surface area contributed by atoms with Gasteiger partial charge in [0.25, 0.3) is 0 Å². The molecule has 0 saturated heterocycles. The van der Waals surface area contributed by atoms with E-state index in [-0.39, 0.29) is 12.0 Å². The lowest BCUT2D eigenvalue weighted by Crippen LogP contribution is -2.19. The van der Waals surface area contributed by atoms with Gasteiger partial charge in [0, 0.05) is 30.8 Å². The summed E-state index contributed by atoms with van der Waals surface area (Å²) in [5.74, 6) is 0.267. The maximum absolute atomic E-state index is 12.5. The van der Waals surface area contributed by atoms with E-state index in [1.54, 1.807) is 14.2 Å². The molecule has 1 heterocycles. The minimum absolute atomic E-state index is 0.122. The van der Waals surface area contributed by atoms with E-state index in [1.807, 2.05) is 6.92 Å². The van der Waals surface area contributed by atoms with Crippen molar-refractivity contribution in [2.45, 2.75) is 25.6 Å². The Kier molecular flexibility index (Phi) is 5.55. The Morgan fingerprint density at radius 1 is 1.50 bits per heavy atom. The standard InChI is InChI=1S/C11H17F3N2OS/c1-7(6-17-3)4-8(15-2)9-5-16-10(18-9)11(12,13)14/h5,7-8,15H,4,6H2,1-3H3. The van der Waals surface area contributed by atoms with E-state index >= 15 is 0 Å². The van der Waals surface area contributed by atoms with Crippen LogP contribution in [0.5, 0.6) is 0 Å². The largest absolute Gasteiger partial charge is 0.443 e. The van der Waals surface area contributed by atoms with Crippen LogP contribution in [-0.2, 0) is 10.9 Å². The summed E-state index contributed by atoms with van der Waals surface area (Å²) >= 11 is 0.693. The van der Waals surface area contributed by atoms with Crippen LogP contribution in [0, 0.1) is 5.92 Å². The minimum Gasteiger partial charge on any atom is -0.384 e. The molecule has 0 spiro atoms. The van der Waals surface area contributed by atoms with Crippen LogP contribution in [0.15, 0.2) is 6.20 Å². The fraction of sp³-hybridized carbons (Fsp3) is 0.727. The second kappa shape index (κ2) is 6.49. The number of alkyl halides is 3. The molecule has 0 aliphatic rings. The van der Waals surface area contributed by atoms with Gasteiger partial charge in [0.2, 0.25) is 0 Å². The molecule has 1 N–H and O–H groups in total. The van der Waals surface area contributed by atoms with Crippen molar-refractivity contribution in [2.75, 3.05) is 20.8 Å². The molecule has 1 rings (SSSR count). The maximum Gasteiger partial charge on any atom is 0.443 e. The quantitative estimate of drug-likeness (QED) is 0.870. The fourth-order valence-corrected chi connectivity index (χ4v) is 2.62. The van der Waals surface area contributed by atoms with Crippen LogP contribution in [-0.4, -0.2) is 25.7 Å². The Hall–Kier alpha value is -0.660. The lowest BCUT2D eigenvalue weighted by molar-refractivity contribution is -0.137. The van der Waals surface area contributed by atoms with Gasteiger partial charge in [-0.15, -0.1) is 11.3 Å². The van der Waals surface area contributed by atoms with Gasteiger partial charge in [-0.3, -0.25) is 0 Å². The molecular weight excluding hydrogens is 265 g/mol. The van der Waals surface area contributed by atoms with E-state index in [9.17, 15) is 13.2 Å². The van der Waals surface area contributed by atoms with Crippen LogP contribution in [0.25, 0.3) is 0 Å². The minimum atomic E-state index is -4.36. The molecule has 0 aliphatic heterocycles. The fourth-order valence-electron chi connectivity index (χ4n) is 1.71. The van der Waals surface area contributed by atoms with Crippen molar-refractivity contribution >= 4 is 11.3 Å². The van der Waals surface area contributed by atoms with Gasteiger partial charge in [0.15, 0.2) is 5.01 Å². The van der Waals surface area contributed by atoms with Crippen LogP contribution >= 0.6 is 11.3 Å². The molecule has 0 amide bonds. The van der Waals surface area contributed by atoms with E-state index in [4.69, 9.17) is 4.74 Å². The van der Waals surface area contributed by atoms with Crippen LogP contribution in [0.2, 0.25) is 0 Å². The average molecular weight is 282 g/mol. The second-order valence-electron chi connectivity index (χ2n) is 4.20. The first-order valence-corrected chi connectivity index (χ1v) is 6.39. The molecular formula is C11H17F3N2OS. The lowest BCUT2D eigenvalue weighted by Gasteiger charge is -2.18. The topological polar surface area (TPSA) is 34.1 Å². The van der Waals surface area contributed by atoms with E-state index in [0.29, 0.717) is 29.2 Å². The van der Waals surface area contributed by atoms with E-state index in [1.165, 1.54) is 6.20 Å². The van der Waals surface area contributed by atoms with E-state index < -0.39 is 11.2 Å². The van der Waals surface area contributed by atoms with Crippen molar-refractivity contribution in [3.8, 4) is 0 Å². The number of aromatic nitrogens is 1. The normalized spacial score (nSPS) is 15.7. The van der Waals surface area contributed by atoms with Gasteiger partial charge in [0.05, 0.1) is 0 Å². The highest BCUT2D eigenvalue weighted by Crippen LogP contribution is 2.35. The SMILES string of the molecule is CNC(CC(C)COC)c1cnc(C(F)(F)F)s1. The van der Waals surface area contributed by atoms with Crippen LogP contribution < -0.4 is 5.32 Å². The van der Waals surface area contributed by atoms with E-state index in [0.717, 1.165) is 0 Å². The number of rotatable bonds is 6. The van der Waals surface area contributed by atoms with Crippen molar-refractivity contribution in [1.82, 2.24) is 10.3 Å². The summed E-state index contributed by atoms with van der Waals surface area (Å²) in [6.07, 6.45) is -2.35. The third-order valence-corrected chi connectivity index (χ3v) is 3.70. The Morgan fingerprint density at radius 2 is 2.17 bits per heavy atom. The monoisotopic (exact) mass is 282 g/mol. The third kappa shape index (κ3) is 4.22. The predicted molar refractivity (Wildman–Crippen MR) is 64.6 cm³/mol. The highest BCUT2D eigenvalue weighted by atomic mass is 32.1. The number of nitrogens with one attached hydrogen (secondary N) is 1. The van der Waals surface area contributed by atoms with Crippen LogP contribution in [0.1, 0.15) is 29.3 Å². The molecule has 0 bridgehead atoms. The molecule has 104 valence electrons.